The molecule has 0 unspecified atom stereocenters. The van der Waals surface area contributed by atoms with Crippen LogP contribution in [0.2, 0.25) is 5.02 Å². The first-order valence-electron chi connectivity index (χ1n) is 13.2. The molecule has 1 aromatic carbocycles. The minimum atomic E-state index is -3.32. The van der Waals surface area contributed by atoms with E-state index < -0.39 is 66.4 Å². The Bertz CT molecular complexity index is 1470. The smallest absolute Gasteiger partial charge is 0.338 e. The molecular formula is C27H29ClF3N5O6S. The zero-order valence-electron chi connectivity index (χ0n) is 23.3. The minimum absolute atomic E-state index is 0.00233. The van der Waals surface area contributed by atoms with Gasteiger partial charge in [0.05, 0.1) is 49.9 Å². The summed E-state index contributed by atoms with van der Waals surface area (Å²) in [5, 5.41) is 26.2. The maximum absolute atomic E-state index is 15.5. The number of rotatable bonds is 9. The van der Waals surface area contributed by atoms with Crippen LogP contribution in [-0.4, -0.2) is 100 Å². The fourth-order valence-corrected chi connectivity index (χ4v) is 6.22. The number of aromatic nitrogens is 1. The van der Waals surface area contributed by atoms with Crippen LogP contribution in [0, 0.1) is 11.2 Å². The number of methoxy groups -OCH3 is 1. The minimum Gasteiger partial charge on any atom is -0.481 e. The normalized spacial score (nSPS) is 24.8. The van der Waals surface area contributed by atoms with Gasteiger partial charge in [0.1, 0.15) is 17.9 Å². The number of fused-ring (bicyclic) bond motifs is 1. The summed E-state index contributed by atoms with van der Waals surface area (Å²) in [6.07, 6.45) is 0.0555. The summed E-state index contributed by atoms with van der Waals surface area (Å²) in [4.78, 5) is 40.7. The van der Waals surface area contributed by atoms with E-state index in [2.05, 4.69) is 15.3 Å². The number of aliphatic hydroxyl groups excluding tert-OH is 1. The highest BCUT2D eigenvalue weighted by Gasteiger charge is 2.61. The van der Waals surface area contributed by atoms with Crippen molar-refractivity contribution in [3.05, 3.63) is 62.5 Å². The van der Waals surface area contributed by atoms with Crippen molar-refractivity contribution in [2.24, 2.45) is 10.4 Å². The van der Waals surface area contributed by atoms with Gasteiger partial charge in [-0.3, -0.25) is 19.5 Å². The van der Waals surface area contributed by atoms with Crippen molar-refractivity contribution >= 4 is 40.7 Å². The summed E-state index contributed by atoms with van der Waals surface area (Å²) in [5.41, 5.74) is -1.10. The standard InChI is InChI=1S/C27H29ClF3N5O6S/c1-26(2,25(39)40)18(37)10-36-21-17(11-42-36)35(12-27(21,30)31)9-16-19(24(38)41-3)20(14-5-4-13(29)8-15(14)28)34-22(33-16)23-32-6-7-43-23/h4-8,17-18,20-21,37H,9-12H2,1-3H3,(H,33,34)(H,39,40)/t17-,18+,20+,21+/m1/s1. The maximum atomic E-state index is 15.5. The van der Waals surface area contributed by atoms with Crippen LogP contribution in [-0.2, 0) is 19.2 Å². The molecule has 0 amide bonds. The zero-order valence-corrected chi connectivity index (χ0v) is 24.8. The van der Waals surface area contributed by atoms with E-state index in [1.54, 1.807) is 11.6 Å². The molecule has 5 rings (SSSR count). The first kappa shape index (κ1) is 31.3. The molecule has 0 radical (unpaired) electrons. The van der Waals surface area contributed by atoms with Crippen molar-refractivity contribution in [3.63, 3.8) is 0 Å². The van der Waals surface area contributed by atoms with Crippen LogP contribution in [0.25, 0.3) is 0 Å². The van der Waals surface area contributed by atoms with E-state index in [0.717, 1.165) is 11.1 Å². The van der Waals surface area contributed by atoms with Crippen LogP contribution in [0.5, 0.6) is 0 Å². The average Bonchev–Trinajstić information content (AvgIpc) is 3.67. The highest BCUT2D eigenvalue weighted by Crippen LogP contribution is 2.42. The number of nitrogens with zero attached hydrogens (tertiary/aromatic N) is 4. The second-order valence-electron chi connectivity index (χ2n) is 11.0. The van der Waals surface area contributed by atoms with Gasteiger partial charge in [0.2, 0.25) is 0 Å². The lowest BCUT2D eigenvalue weighted by Gasteiger charge is -2.32. The number of hydrogen-bond donors (Lipinski definition) is 3. The molecule has 232 valence electrons. The summed E-state index contributed by atoms with van der Waals surface area (Å²) in [7, 11) is 1.17. The van der Waals surface area contributed by atoms with E-state index in [9.17, 15) is 24.2 Å². The predicted molar refractivity (Wildman–Crippen MR) is 149 cm³/mol. The SMILES string of the molecule is COC(=O)C1=C(CN2CC(F)(F)[C@@H]3[C@H]2CON3C[C@H](O)C(C)(C)C(=O)O)NC(c2nccs2)=N[C@H]1c1ccc(F)cc1Cl. The number of aliphatic carboxylic acids is 1. The molecule has 16 heteroatoms. The van der Waals surface area contributed by atoms with Crippen LogP contribution < -0.4 is 5.32 Å². The molecule has 0 bridgehead atoms. The van der Waals surface area contributed by atoms with Crippen LogP contribution in [0.4, 0.5) is 13.2 Å². The van der Waals surface area contributed by atoms with Gasteiger partial charge in [-0.15, -0.1) is 11.3 Å². The third-order valence-electron chi connectivity index (χ3n) is 7.92. The number of benzene rings is 1. The second-order valence-corrected chi connectivity index (χ2v) is 12.3. The van der Waals surface area contributed by atoms with Crippen molar-refractivity contribution in [2.75, 3.05) is 33.4 Å². The van der Waals surface area contributed by atoms with E-state index in [4.69, 9.17) is 21.2 Å². The number of carboxylic acid groups (broad SMARTS) is 1. The Morgan fingerprint density at radius 1 is 1.37 bits per heavy atom. The number of esters is 1. The van der Waals surface area contributed by atoms with Crippen molar-refractivity contribution in [3.8, 4) is 0 Å². The summed E-state index contributed by atoms with van der Waals surface area (Å²) in [5.74, 6) is -5.73. The van der Waals surface area contributed by atoms with Gasteiger partial charge < -0.3 is 20.3 Å². The number of alkyl halides is 2. The lowest BCUT2D eigenvalue weighted by atomic mass is 9.86. The van der Waals surface area contributed by atoms with Crippen LogP contribution in [0.15, 0.2) is 46.0 Å². The predicted octanol–water partition coefficient (Wildman–Crippen LogP) is 2.86. The Morgan fingerprint density at radius 2 is 2.12 bits per heavy atom. The number of aliphatic imine (C=N–C) groups is 1. The number of hydroxylamine groups is 2. The van der Waals surface area contributed by atoms with Gasteiger partial charge in [-0.05, 0) is 26.0 Å². The molecule has 0 saturated carbocycles. The number of carboxylic acids is 1. The van der Waals surface area contributed by atoms with Crippen LogP contribution in [0.1, 0.15) is 30.5 Å². The molecule has 4 atom stereocenters. The Balaban J connectivity index is 1.50. The van der Waals surface area contributed by atoms with Gasteiger partial charge in [-0.1, -0.05) is 17.7 Å². The van der Waals surface area contributed by atoms with Crippen molar-refractivity contribution in [1.29, 1.82) is 0 Å². The van der Waals surface area contributed by atoms with Crippen molar-refractivity contribution in [1.82, 2.24) is 20.3 Å². The number of likely N-dealkylation sites (tertiary alicyclic amines) is 1. The molecule has 2 aromatic rings. The first-order valence-corrected chi connectivity index (χ1v) is 14.4. The topological polar surface area (TPSA) is 137 Å². The quantitative estimate of drug-likeness (QED) is 0.350. The molecule has 0 aliphatic carbocycles. The molecule has 11 nitrogen and oxygen atoms in total. The largest absolute Gasteiger partial charge is 0.481 e. The molecule has 4 heterocycles. The summed E-state index contributed by atoms with van der Waals surface area (Å²) in [6, 6.07) is 0.211. The number of carbonyl (C=O) groups is 2. The number of β-amino-alcohol motifs (C(OH)–C–C–N with tert-alkyl or cyclic N) is 1. The summed E-state index contributed by atoms with van der Waals surface area (Å²) in [6.45, 7) is 1.07. The summed E-state index contributed by atoms with van der Waals surface area (Å²) >= 11 is 7.64. The fourth-order valence-electron chi connectivity index (χ4n) is 5.37. The Hall–Kier alpha value is -3.08. The average molecular weight is 644 g/mol. The lowest BCUT2D eigenvalue weighted by Crippen LogP contribution is -2.51. The maximum Gasteiger partial charge on any atom is 0.338 e. The van der Waals surface area contributed by atoms with Crippen LogP contribution >= 0.6 is 22.9 Å². The number of nitrogens with one attached hydrogen (secondary N) is 1. The number of thiazole rings is 1. The van der Waals surface area contributed by atoms with Crippen molar-refractivity contribution < 1.29 is 42.5 Å². The Morgan fingerprint density at radius 3 is 2.74 bits per heavy atom. The zero-order chi connectivity index (χ0) is 31.3. The number of hydrogen-bond acceptors (Lipinski definition) is 11. The number of amidine groups is 1. The van der Waals surface area contributed by atoms with Gasteiger partial charge >= 0.3 is 11.9 Å². The van der Waals surface area contributed by atoms with E-state index in [0.29, 0.717) is 10.6 Å². The molecular weight excluding hydrogens is 615 g/mol. The van der Waals surface area contributed by atoms with Crippen molar-refractivity contribution in [2.45, 2.75) is 44.0 Å². The van der Waals surface area contributed by atoms with Gasteiger partial charge in [0, 0.05) is 34.4 Å². The van der Waals surface area contributed by atoms with Gasteiger partial charge in [-0.25, -0.2) is 22.9 Å². The lowest BCUT2D eigenvalue weighted by molar-refractivity contribution is -0.202. The molecule has 2 saturated heterocycles. The molecule has 1 aromatic heterocycles. The van der Waals surface area contributed by atoms with E-state index >= 15 is 8.78 Å². The monoisotopic (exact) mass is 643 g/mol. The highest BCUT2D eigenvalue weighted by atomic mass is 35.5. The molecule has 2 fully saturated rings. The number of carbonyl (C=O) groups excluding carboxylic acids is 1. The Labute approximate surface area is 253 Å². The molecule has 43 heavy (non-hydrogen) atoms. The van der Waals surface area contributed by atoms with E-state index in [1.165, 1.54) is 49.3 Å². The summed E-state index contributed by atoms with van der Waals surface area (Å²) < 4.78 is 50.0. The molecule has 3 aliphatic heterocycles. The third-order valence-corrected chi connectivity index (χ3v) is 9.03. The van der Waals surface area contributed by atoms with E-state index in [-0.39, 0.29) is 35.3 Å². The second kappa shape index (κ2) is 11.8. The van der Waals surface area contributed by atoms with Gasteiger partial charge in [0.15, 0.2) is 10.8 Å². The fraction of sp³-hybridized carbons (Fsp3) is 0.481. The number of halogens is 4. The molecule has 3 aliphatic rings. The first-order chi connectivity index (χ1) is 20.2. The van der Waals surface area contributed by atoms with Crippen LogP contribution in [0.3, 0.4) is 0 Å². The van der Waals surface area contributed by atoms with E-state index in [1.807, 2.05) is 0 Å². The molecule has 3 N–H and O–H groups in total. The Kier molecular flexibility index (Phi) is 8.59. The highest BCUT2D eigenvalue weighted by molar-refractivity contribution is 7.11. The van der Waals surface area contributed by atoms with Gasteiger partial charge in [-0.2, -0.15) is 5.06 Å². The number of aliphatic hydroxyl groups is 1. The third kappa shape index (κ3) is 5.89. The molecule has 0 spiro atoms. The number of ether oxygens (including phenoxy) is 1. The van der Waals surface area contributed by atoms with Gasteiger partial charge in [0.25, 0.3) is 5.92 Å².